The van der Waals surface area contributed by atoms with Gasteiger partial charge in [-0.1, -0.05) is 17.7 Å². The number of rotatable bonds is 4. The fourth-order valence-corrected chi connectivity index (χ4v) is 2.07. The molecule has 0 saturated carbocycles. The molecule has 0 heterocycles. The van der Waals surface area contributed by atoms with Crippen LogP contribution in [0.15, 0.2) is 36.4 Å². The number of hydrogen-bond donors (Lipinski definition) is 2. The van der Waals surface area contributed by atoms with Crippen LogP contribution < -0.4 is 11.1 Å². The predicted molar refractivity (Wildman–Crippen MR) is 78.4 cm³/mol. The van der Waals surface area contributed by atoms with Crippen LogP contribution in [0, 0.1) is 17.1 Å². The van der Waals surface area contributed by atoms with E-state index in [1.54, 1.807) is 24.3 Å². The Morgan fingerprint density at radius 2 is 2.10 bits per heavy atom. The summed E-state index contributed by atoms with van der Waals surface area (Å²) in [5.74, 6) is -1.14. The van der Waals surface area contributed by atoms with Crippen molar-refractivity contribution >= 4 is 23.2 Å². The third-order valence-electron chi connectivity index (χ3n) is 2.88. The molecule has 0 spiro atoms. The maximum Gasteiger partial charge on any atom is 0.250 e. The van der Waals surface area contributed by atoms with Crippen molar-refractivity contribution in [3.05, 3.63) is 63.9 Å². The molecule has 21 heavy (non-hydrogen) atoms. The molecule has 2 aromatic rings. The van der Waals surface area contributed by atoms with Gasteiger partial charge < -0.3 is 11.1 Å². The normalized spacial score (nSPS) is 9.95. The van der Waals surface area contributed by atoms with Crippen molar-refractivity contribution in [3.8, 4) is 6.07 Å². The zero-order chi connectivity index (χ0) is 15.4. The van der Waals surface area contributed by atoms with Crippen LogP contribution in [0.25, 0.3) is 0 Å². The average molecular weight is 304 g/mol. The fourth-order valence-electron chi connectivity index (χ4n) is 1.80. The number of halogens is 2. The second-order valence-corrected chi connectivity index (χ2v) is 4.75. The highest BCUT2D eigenvalue weighted by Gasteiger charge is 2.07. The first-order valence-corrected chi connectivity index (χ1v) is 6.41. The monoisotopic (exact) mass is 303 g/mol. The van der Waals surface area contributed by atoms with Crippen LogP contribution in [-0.2, 0) is 6.54 Å². The summed E-state index contributed by atoms with van der Waals surface area (Å²) in [7, 11) is 0. The van der Waals surface area contributed by atoms with Crippen molar-refractivity contribution < 1.29 is 9.18 Å². The maximum absolute atomic E-state index is 13.2. The van der Waals surface area contributed by atoms with Gasteiger partial charge in [0.25, 0.3) is 0 Å². The van der Waals surface area contributed by atoms with Gasteiger partial charge in [0.1, 0.15) is 11.9 Å². The average Bonchev–Trinajstić information content (AvgIpc) is 2.46. The Balaban J connectivity index is 2.12. The number of anilines is 1. The van der Waals surface area contributed by atoms with Crippen LogP contribution in [0.2, 0.25) is 5.02 Å². The lowest BCUT2D eigenvalue weighted by atomic mass is 10.1. The molecule has 0 aliphatic carbocycles. The highest BCUT2D eigenvalue weighted by atomic mass is 35.5. The largest absolute Gasteiger partial charge is 0.381 e. The number of hydrogen-bond acceptors (Lipinski definition) is 3. The van der Waals surface area contributed by atoms with Crippen LogP contribution in [0.4, 0.5) is 10.1 Å². The summed E-state index contributed by atoms with van der Waals surface area (Å²) in [4.78, 5) is 11.1. The van der Waals surface area contributed by atoms with E-state index in [4.69, 9.17) is 22.6 Å². The van der Waals surface area contributed by atoms with Crippen molar-refractivity contribution in [2.75, 3.05) is 5.32 Å². The zero-order valence-corrected chi connectivity index (χ0v) is 11.6. The van der Waals surface area contributed by atoms with Crippen molar-refractivity contribution in [1.29, 1.82) is 5.26 Å². The minimum atomic E-state index is -0.594. The molecule has 0 atom stereocenters. The minimum absolute atomic E-state index is 0.00333. The molecule has 2 rings (SSSR count). The number of nitrogens with zero attached hydrogens (tertiary/aromatic N) is 1. The van der Waals surface area contributed by atoms with Gasteiger partial charge in [0, 0.05) is 12.2 Å². The lowest BCUT2D eigenvalue weighted by molar-refractivity contribution is 0.100. The van der Waals surface area contributed by atoms with Gasteiger partial charge in [-0.15, -0.1) is 0 Å². The number of nitrogens with one attached hydrogen (secondary N) is 1. The Bertz CT molecular complexity index is 740. The topological polar surface area (TPSA) is 78.9 Å². The Morgan fingerprint density at radius 1 is 1.33 bits per heavy atom. The molecule has 0 bridgehead atoms. The van der Waals surface area contributed by atoms with E-state index in [0.717, 1.165) is 5.56 Å². The number of nitriles is 1. The van der Waals surface area contributed by atoms with E-state index in [-0.39, 0.29) is 16.1 Å². The molecule has 0 aromatic heterocycles. The second kappa shape index (κ2) is 6.25. The van der Waals surface area contributed by atoms with E-state index in [1.165, 1.54) is 18.2 Å². The number of amides is 1. The third-order valence-corrected chi connectivity index (χ3v) is 3.20. The van der Waals surface area contributed by atoms with Gasteiger partial charge in [-0.3, -0.25) is 4.79 Å². The molecule has 2 aromatic carbocycles. The molecule has 0 aliphatic heterocycles. The van der Waals surface area contributed by atoms with Crippen LogP contribution in [-0.4, -0.2) is 5.91 Å². The number of primary amides is 1. The summed E-state index contributed by atoms with van der Waals surface area (Å²) in [5, 5.41) is 12.1. The Kier molecular flexibility index (Phi) is 4.41. The van der Waals surface area contributed by atoms with Gasteiger partial charge in [-0.2, -0.15) is 5.26 Å². The molecular formula is C15H11ClFN3O. The molecule has 0 saturated heterocycles. The van der Waals surface area contributed by atoms with Crippen molar-refractivity contribution in [2.24, 2.45) is 5.73 Å². The summed E-state index contributed by atoms with van der Waals surface area (Å²) in [6, 6.07) is 10.9. The van der Waals surface area contributed by atoms with Gasteiger partial charge in [0.15, 0.2) is 0 Å². The van der Waals surface area contributed by atoms with Crippen LogP contribution >= 0.6 is 11.6 Å². The summed E-state index contributed by atoms with van der Waals surface area (Å²) in [5.41, 5.74) is 6.85. The van der Waals surface area contributed by atoms with Crippen LogP contribution in [0.3, 0.4) is 0 Å². The molecule has 0 fully saturated rings. The first-order chi connectivity index (χ1) is 10.0. The van der Waals surface area contributed by atoms with Crippen molar-refractivity contribution in [1.82, 2.24) is 0 Å². The fraction of sp³-hybridized carbons (Fsp3) is 0.0667. The third kappa shape index (κ3) is 3.50. The Morgan fingerprint density at radius 3 is 2.71 bits per heavy atom. The standard InChI is InChI=1S/C15H11ClFN3O/c16-13-6-11(2-3-12(13)15(19)21)20-8-9-1-4-14(17)10(5-9)7-18/h1-6,20H,8H2,(H2,19,21). The number of benzene rings is 2. The van der Waals surface area contributed by atoms with Gasteiger partial charge >= 0.3 is 0 Å². The predicted octanol–water partition coefficient (Wildman–Crippen LogP) is 3.06. The van der Waals surface area contributed by atoms with E-state index < -0.39 is 11.7 Å². The molecule has 106 valence electrons. The van der Waals surface area contributed by atoms with Crippen molar-refractivity contribution in [2.45, 2.75) is 6.54 Å². The molecule has 1 amide bonds. The van der Waals surface area contributed by atoms with E-state index in [9.17, 15) is 9.18 Å². The number of nitrogens with two attached hydrogens (primary N) is 1. The summed E-state index contributed by atoms with van der Waals surface area (Å²) < 4.78 is 13.2. The summed E-state index contributed by atoms with van der Waals surface area (Å²) >= 11 is 5.94. The molecule has 4 nitrogen and oxygen atoms in total. The molecule has 0 aliphatic rings. The Labute approximate surface area is 125 Å². The first-order valence-electron chi connectivity index (χ1n) is 6.03. The van der Waals surface area contributed by atoms with Gasteiger partial charge in [-0.25, -0.2) is 4.39 Å². The lowest BCUT2D eigenvalue weighted by Crippen LogP contribution is -2.11. The lowest BCUT2D eigenvalue weighted by Gasteiger charge is -2.09. The van der Waals surface area contributed by atoms with E-state index in [2.05, 4.69) is 5.32 Å². The SMILES string of the molecule is N#Cc1cc(CNc2ccc(C(N)=O)c(Cl)c2)ccc1F. The Hall–Kier alpha value is -2.58. The second-order valence-electron chi connectivity index (χ2n) is 4.34. The molecule has 0 unspecified atom stereocenters. The highest BCUT2D eigenvalue weighted by Crippen LogP contribution is 2.21. The van der Waals surface area contributed by atoms with Gasteiger partial charge in [0.05, 0.1) is 16.1 Å². The summed E-state index contributed by atoms with van der Waals surface area (Å²) in [6.45, 7) is 0.390. The van der Waals surface area contributed by atoms with E-state index in [1.807, 2.05) is 0 Å². The molecule has 6 heteroatoms. The van der Waals surface area contributed by atoms with Gasteiger partial charge in [-0.05, 0) is 35.9 Å². The molecular weight excluding hydrogens is 293 g/mol. The smallest absolute Gasteiger partial charge is 0.250 e. The number of carbonyl (C=O) groups is 1. The highest BCUT2D eigenvalue weighted by molar-refractivity contribution is 6.34. The number of carbonyl (C=O) groups excluding carboxylic acids is 1. The minimum Gasteiger partial charge on any atom is -0.381 e. The molecule has 3 N–H and O–H groups in total. The zero-order valence-electron chi connectivity index (χ0n) is 10.9. The van der Waals surface area contributed by atoms with Crippen LogP contribution in [0.5, 0.6) is 0 Å². The summed E-state index contributed by atoms with van der Waals surface area (Å²) in [6.07, 6.45) is 0. The molecule has 0 radical (unpaired) electrons. The first kappa shape index (κ1) is 14.8. The van der Waals surface area contributed by atoms with Gasteiger partial charge in [0.2, 0.25) is 5.91 Å². The van der Waals surface area contributed by atoms with Crippen molar-refractivity contribution in [3.63, 3.8) is 0 Å². The maximum atomic E-state index is 13.2. The quantitative estimate of drug-likeness (QED) is 0.911. The van der Waals surface area contributed by atoms with Crippen LogP contribution in [0.1, 0.15) is 21.5 Å². The van der Waals surface area contributed by atoms with E-state index in [0.29, 0.717) is 12.2 Å². The van der Waals surface area contributed by atoms with E-state index >= 15 is 0 Å².